The number of aromatic carboxylic acids is 1. The minimum Gasteiger partial charge on any atom is -0.476 e. The Morgan fingerprint density at radius 1 is 1.11 bits per heavy atom. The molecule has 1 aromatic carbocycles. The fourth-order valence-electron chi connectivity index (χ4n) is 3.96. The van der Waals surface area contributed by atoms with Gasteiger partial charge in [0.05, 0.1) is 12.1 Å². The summed E-state index contributed by atoms with van der Waals surface area (Å²) in [5, 5.41) is 13.2. The van der Waals surface area contributed by atoms with Crippen molar-refractivity contribution in [2.75, 3.05) is 13.1 Å². The molecule has 3 atom stereocenters. The second kappa shape index (κ2) is 7.52. The van der Waals surface area contributed by atoms with Crippen molar-refractivity contribution in [1.29, 1.82) is 0 Å². The largest absolute Gasteiger partial charge is 0.476 e. The van der Waals surface area contributed by atoms with Gasteiger partial charge in [-0.3, -0.25) is 9.48 Å². The summed E-state index contributed by atoms with van der Waals surface area (Å²) in [4.78, 5) is 25.8. The van der Waals surface area contributed by atoms with Gasteiger partial charge in [-0.15, -0.1) is 0 Å². The van der Waals surface area contributed by atoms with Crippen LogP contribution >= 0.6 is 0 Å². The van der Waals surface area contributed by atoms with Crippen LogP contribution in [0.15, 0.2) is 42.6 Å². The van der Waals surface area contributed by atoms with Gasteiger partial charge in [-0.2, -0.15) is 5.10 Å². The van der Waals surface area contributed by atoms with Crippen LogP contribution in [0.2, 0.25) is 0 Å². The highest BCUT2D eigenvalue weighted by Gasteiger charge is 2.36. The Morgan fingerprint density at radius 3 is 2.67 bits per heavy atom. The maximum atomic E-state index is 12.9. The zero-order valence-electron chi connectivity index (χ0n) is 15.0. The molecule has 2 fully saturated rings. The number of carboxylic acids is 1. The number of piperidine rings is 1. The third-order valence-corrected chi connectivity index (χ3v) is 5.38. The van der Waals surface area contributed by atoms with Gasteiger partial charge in [-0.25, -0.2) is 4.79 Å². The van der Waals surface area contributed by atoms with Gasteiger partial charge in [-0.1, -0.05) is 30.3 Å². The van der Waals surface area contributed by atoms with Crippen LogP contribution in [0.3, 0.4) is 0 Å². The van der Waals surface area contributed by atoms with Gasteiger partial charge in [-0.05, 0) is 37.3 Å². The quantitative estimate of drug-likeness (QED) is 0.896. The van der Waals surface area contributed by atoms with Crippen molar-refractivity contribution in [1.82, 2.24) is 14.7 Å². The van der Waals surface area contributed by atoms with E-state index in [9.17, 15) is 9.59 Å². The maximum Gasteiger partial charge on any atom is 0.356 e. The van der Waals surface area contributed by atoms with Crippen molar-refractivity contribution in [2.24, 2.45) is 0 Å². The molecule has 7 heteroatoms. The Labute approximate surface area is 157 Å². The molecular weight excluding hydrogens is 346 g/mol. The van der Waals surface area contributed by atoms with Crippen molar-refractivity contribution in [3.05, 3.63) is 53.9 Å². The van der Waals surface area contributed by atoms with Crippen LogP contribution in [0.4, 0.5) is 0 Å². The molecule has 142 valence electrons. The molecule has 0 bridgehead atoms. The molecule has 0 saturated carbocycles. The first-order valence-electron chi connectivity index (χ1n) is 9.39. The summed E-state index contributed by atoms with van der Waals surface area (Å²) >= 11 is 0. The summed E-state index contributed by atoms with van der Waals surface area (Å²) in [6, 6.07) is 11.5. The lowest BCUT2D eigenvalue weighted by Gasteiger charge is -2.34. The van der Waals surface area contributed by atoms with Gasteiger partial charge in [0.15, 0.2) is 5.69 Å². The molecule has 1 N–H and O–H groups in total. The molecule has 2 aliphatic rings. The van der Waals surface area contributed by atoms with Crippen molar-refractivity contribution in [3.8, 4) is 0 Å². The highest BCUT2D eigenvalue weighted by molar-refractivity contribution is 5.85. The number of hydrogen-bond donors (Lipinski definition) is 1. The van der Waals surface area contributed by atoms with E-state index >= 15 is 0 Å². The van der Waals surface area contributed by atoms with Crippen LogP contribution in [0.1, 0.15) is 53.9 Å². The SMILES string of the molecule is O=C(O)c1ccn(C2CCCN(C(=O)[C@@H]3CC[C@H](c4ccccc4)O3)C2)n1. The van der Waals surface area contributed by atoms with E-state index in [0.29, 0.717) is 13.1 Å². The number of carboxylic acid groups (broad SMARTS) is 1. The van der Waals surface area contributed by atoms with Crippen LogP contribution < -0.4 is 0 Å². The third kappa shape index (κ3) is 3.73. The molecule has 0 aliphatic carbocycles. The average Bonchev–Trinajstić information content (AvgIpc) is 3.38. The average molecular weight is 369 g/mol. The molecule has 2 saturated heterocycles. The first kappa shape index (κ1) is 17.7. The van der Waals surface area contributed by atoms with E-state index in [-0.39, 0.29) is 23.7 Å². The Morgan fingerprint density at radius 2 is 1.93 bits per heavy atom. The lowest BCUT2D eigenvalue weighted by molar-refractivity contribution is -0.144. The number of nitrogens with zero attached hydrogens (tertiary/aromatic N) is 3. The highest BCUT2D eigenvalue weighted by Crippen LogP contribution is 2.34. The van der Waals surface area contributed by atoms with E-state index in [2.05, 4.69) is 5.10 Å². The number of likely N-dealkylation sites (tertiary alicyclic amines) is 1. The first-order chi connectivity index (χ1) is 13.1. The lowest BCUT2D eigenvalue weighted by Crippen LogP contribution is -2.45. The maximum absolute atomic E-state index is 12.9. The number of carbonyl (C=O) groups excluding carboxylic acids is 1. The lowest BCUT2D eigenvalue weighted by atomic mass is 10.0. The van der Waals surface area contributed by atoms with Gasteiger partial charge >= 0.3 is 5.97 Å². The van der Waals surface area contributed by atoms with Gasteiger partial charge in [0.25, 0.3) is 5.91 Å². The standard InChI is InChI=1S/C20H23N3O4/c24-19(18-9-8-17(27-18)14-5-2-1-3-6-14)22-11-4-7-15(13-22)23-12-10-16(21-23)20(25)26/h1-3,5-6,10,12,15,17-18H,4,7-9,11,13H2,(H,25,26)/t15?,17-,18+/m1/s1. The summed E-state index contributed by atoms with van der Waals surface area (Å²) < 4.78 is 7.72. The van der Waals surface area contributed by atoms with Crippen molar-refractivity contribution < 1.29 is 19.4 Å². The van der Waals surface area contributed by atoms with Crippen molar-refractivity contribution in [2.45, 2.75) is 43.9 Å². The summed E-state index contributed by atoms with van der Waals surface area (Å²) in [6.07, 6.45) is 4.57. The van der Waals surface area contributed by atoms with Crippen molar-refractivity contribution in [3.63, 3.8) is 0 Å². The molecule has 1 aromatic heterocycles. The molecular formula is C20H23N3O4. The predicted molar refractivity (Wildman–Crippen MR) is 97.3 cm³/mol. The van der Waals surface area contributed by atoms with E-state index in [4.69, 9.17) is 9.84 Å². The number of hydrogen-bond acceptors (Lipinski definition) is 4. The van der Waals surface area contributed by atoms with Crippen LogP contribution in [0.25, 0.3) is 0 Å². The summed E-state index contributed by atoms with van der Waals surface area (Å²) in [5.74, 6) is -1.01. The number of aromatic nitrogens is 2. The molecule has 2 aliphatic heterocycles. The second-order valence-electron chi connectivity index (χ2n) is 7.17. The van der Waals surface area contributed by atoms with Crippen LogP contribution in [0.5, 0.6) is 0 Å². The van der Waals surface area contributed by atoms with Crippen LogP contribution in [-0.4, -0.2) is 50.9 Å². The predicted octanol–water partition coefficient (Wildman–Crippen LogP) is 2.67. The molecule has 0 spiro atoms. The normalized spacial score (nSPS) is 25.5. The number of benzene rings is 1. The van der Waals surface area contributed by atoms with E-state index < -0.39 is 12.1 Å². The number of ether oxygens (including phenoxy) is 1. The number of amides is 1. The summed E-state index contributed by atoms with van der Waals surface area (Å²) in [7, 11) is 0. The van der Waals surface area contributed by atoms with Gasteiger partial charge in [0, 0.05) is 19.3 Å². The van der Waals surface area contributed by atoms with Crippen LogP contribution in [-0.2, 0) is 9.53 Å². The minimum absolute atomic E-state index is 0.00197. The van der Waals surface area contributed by atoms with E-state index in [1.54, 1.807) is 10.9 Å². The number of carbonyl (C=O) groups is 2. The first-order valence-corrected chi connectivity index (χ1v) is 9.39. The minimum atomic E-state index is -1.04. The zero-order valence-corrected chi connectivity index (χ0v) is 15.0. The van der Waals surface area contributed by atoms with Gasteiger partial charge < -0.3 is 14.7 Å². The monoisotopic (exact) mass is 369 g/mol. The Balaban J connectivity index is 1.39. The number of rotatable bonds is 4. The zero-order chi connectivity index (χ0) is 18.8. The van der Waals surface area contributed by atoms with E-state index in [1.807, 2.05) is 35.2 Å². The molecule has 1 unspecified atom stereocenters. The fraction of sp³-hybridized carbons (Fsp3) is 0.450. The Bertz CT molecular complexity index is 820. The fourth-order valence-corrected chi connectivity index (χ4v) is 3.96. The topological polar surface area (TPSA) is 84.7 Å². The molecule has 1 amide bonds. The smallest absolute Gasteiger partial charge is 0.356 e. The van der Waals surface area contributed by atoms with Gasteiger partial charge in [0.2, 0.25) is 0 Å². The molecule has 0 radical (unpaired) electrons. The molecule has 27 heavy (non-hydrogen) atoms. The molecule has 2 aromatic rings. The van der Waals surface area contributed by atoms with Gasteiger partial charge in [0.1, 0.15) is 6.10 Å². The van der Waals surface area contributed by atoms with Crippen molar-refractivity contribution >= 4 is 11.9 Å². The Hall–Kier alpha value is -2.67. The second-order valence-corrected chi connectivity index (χ2v) is 7.17. The molecule has 4 rings (SSSR count). The summed E-state index contributed by atoms with van der Waals surface area (Å²) in [5.41, 5.74) is 1.14. The van der Waals surface area contributed by atoms with E-state index in [0.717, 1.165) is 31.2 Å². The molecule has 7 nitrogen and oxygen atoms in total. The van der Waals surface area contributed by atoms with Crippen LogP contribution in [0, 0.1) is 0 Å². The Kier molecular flexibility index (Phi) is 4.94. The third-order valence-electron chi connectivity index (χ3n) is 5.38. The summed E-state index contributed by atoms with van der Waals surface area (Å²) in [6.45, 7) is 1.24. The van der Waals surface area contributed by atoms with E-state index in [1.165, 1.54) is 6.07 Å². The highest BCUT2D eigenvalue weighted by atomic mass is 16.5. The molecule has 3 heterocycles.